The van der Waals surface area contributed by atoms with Crippen LogP contribution in [0.3, 0.4) is 0 Å². The van der Waals surface area contributed by atoms with Crippen LogP contribution in [0.5, 0.6) is 0 Å². The standard InChI is InChI=1S/C17H15F2N3OS/c1-11-6-8-12(9-7-11)20-15(23)10-24-17-21-13-4-2-3-5-14(13)22(17)16(18)19/h2-9,16H,10H2,1H3,(H,20,23). The van der Waals surface area contributed by atoms with E-state index in [9.17, 15) is 13.6 Å². The number of alkyl halides is 2. The molecular formula is C17H15F2N3OS. The average Bonchev–Trinajstić information content (AvgIpc) is 2.93. The Labute approximate surface area is 141 Å². The van der Waals surface area contributed by atoms with Crippen molar-refractivity contribution in [3.63, 3.8) is 0 Å². The summed E-state index contributed by atoms with van der Waals surface area (Å²) in [7, 11) is 0. The summed E-state index contributed by atoms with van der Waals surface area (Å²) in [6.07, 6.45) is 0. The number of aryl methyl sites for hydroxylation is 1. The van der Waals surface area contributed by atoms with Gasteiger partial charge in [-0.1, -0.05) is 41.6 Å². The summed E-state index contributed by atoms with van der Waals surface area (Å²) in [5.74, 6) is -0.263. The molecule has 1 heterocycles. The predicted octanol–water partition coefficient (Wildman–Crippen LogP) is 4.47. The van der Waals surface area contributed by atoms with Crippen LogP contribution in [0, 0.1) is 6.92 Å². The molecule has 0 saturated carbocycles. The molecule has 2 aromatic carbocycles. The minimum absolute atomic E-state index is 0.00389. The lowest BCUT2D eigenvalue weighted by Crippen LogP contribution is -2.14. The van der Waals surface area contributed by atoms with E-state index in [-0.39, 0.29) is 16.8 Å². The first-order valence-corrected chi connectivity index (χ1v) is 8.27. The van der Waals surface area contributed by atoms with Crippen molar-refractivity contribution >= 4 is 34.4 Å². The molecule has 0 aliphatic heterocycles. The molecule has 0 spiro atoms. The van der Waals surface area contributed by atoms with Crippen molar-refractivity contribution in [2.45, 2.75) is 18.6 Å². The molecule has 1 aromatic heterocycles. The van der Waals surface area contributed by atoms with Gasteiger partial charge in [0.1, 0.15) is 0 Å². The fraction of sp³-hybridized carbons (Fsp3) is 0.176. The summed E-state index contributed by atoms with van der Waals surface area (Å²) in [5, 5.41) is 2.87. The molecule has 0 bridgehead atoms. The summed E-state index contributed by atoms with van der Waals surface area (Å²) >= 11 is 0.991. The summed E-state index contributed by atoms with van der Waals surface area (Å²) in [6.45, 7) is -0.754. The van der Waals surface area contributed by atoms with E-state index in [1.807, 2.05) is 19.1 Å². The first kappa shape index (κ1) is 16.4. The second kappa shape index (κ2) is 7.00. The third-order valence-corrected chi connectivity index (χ3v) is 4.38. The quantitative estimate of drug-likeness (QED) is 0.693. The van der Waals surface area contributed by atoms with Gasteiger partial charge in [-0.25, -0.2) is 4.98 Å². The first-order valence-electron chi connectivity index (χ1n) is 7.29. The third kappa shape index (κ3) is 3.56. The van der Waals surface area contributed by atoms with Gasteiger partial charge in [-0.3, -0.25) is 9.36 Å². The van der Waals surface area contributed by atoms with Crippen LogP contribution in [0.4, 0.5) is 14.5 Å². The summed E-state index contributed by atoms with van der Waals surface area (Å²) in [5.41, 5.74) is 2.61. The van der Waals surface area contributed by atoms with Gasteiger partial charge in [-0.15, -0.1) is 0 Å². The topological polar surface area (TPSA) is 46.9 Å². The Bertz CT molecular complexity index is 862. The third-order valence-electron chi connectivity index (χ3n) is 3.43. The van der Waals surface area contributed by atoms with Gasteiger partial charge in [0.05, 0.1) is 16.8 Å². The number of amides is 1. The minimum Gasteiger partial charge on any atom is -0.325 e. The summed E-state index contributed by atoms with van der Waals surface area (Å²) < 4.78 is 27.5. The van der Waals surface area contributed by atoms with Crippen molar-refractivity contribution in [3.8, 4) is 0 Å². The highest BCUT2D eigenvalue weighted by molar-refractivity contribution is 7.99. The van der Waals surface area contributed by atoms with Gasteiger partial charge in [0.25, 0.3) is 0 Å². The smallest absolute Gasteiger partial charge is 0.321 e. The molecule has 0 saturated heterocycles. The highest BCUT2D eigenvalue weighted by Crippen LogP contribution is 2.29. The van der Waals surface area contributed by atoms with Crippen molar-refractivity contribution in [2.24, 2.45) is 0 Å². The second-order valence-electron chi connectivity index (χ2n) is 5.23. The minimum atomic E-state index is -2.71. The van der Waals surface area contributed by atoms with Gasteiger partial charge in [-0.2, -0.15) is 8.78 Å². The molecule has 0 radical (unpaired) electrons. The molecule has 0 fully saturated rings. The number of anilines is 1. The van der Waals surface area contributed by atoms with Crippen LogP contribution in [-0.4, -0.2) is 21.2 Å². The van der Waals surface area contributed by atoms with E-state index < -0.39 is 6.55 Å². The zero-order valence-corrected chi connectivity index (χ0v) is 13.7. The molecule has 3 rings (SSSR count). The predicted molar refractivity (Wildman–Crippen MR) is 91.5 cm³/mol. The number of hydrogen-bond donors (Lipinski definition) is 1. The van der Waals surface area contributed by atoms with E-state index in [1.54, 1.807) is 36.4 Å². The second-order valence-corrected chi connectivity index (χ2v) is 6.18. The molecular weight excluding hydrogens is 332 g/mol. The van der Waals surface area contributed by atoms with Crippen molar-refractivity contribution in [3.05, 3.63) is 54.1 Å². The maximum atomic E-state index is 13.3. The number of aromatic nitrogens is 2. The van der Waals surface area contributed by atoms with Crippen LogP contribution in [0.1, 0.15) is 12.1 Å². The van der Waals surface area contributed by atoms with Crippen molar-refractivity contribution < 1.29 is 13.6 Å². The molecule has 0 unspecified atom stereocenters. The molecule has 1 N–H and O–H groups in total. The average molecular weight is 347 g/mol. The first-order chi connectivity index (χ1) is 11.5. The van der Waals surface area contributed by atoms with E-state index in [2.05, 4.69) is 10.3 Å². The number of benzene rings is 2. The van der Waals surface area contributed by atoms with E-state index in [0.717, 1.165) is 21.9 Å². The lowest BCUT2D eigenvalue weighted by molar-refractivity contribution is -0.113. The number of halogens is 2. The fourth-order valence-electron chi connectivity index (χ4n) is 2.28. The van der Waals surface area contributed by atoms with Gasteiger partial charge in [0.2, 0.25) is 5.91 Å². The largest absolute Gasteiger partial charge is 0.325 e. The van der Waals surface area contributed by atoms with Crippen LogP contribution < -0.4 is 5.32 Å². The molecule has 24 heavy (non-hydrogen) atoms. The van der Waals surface area contributed by atoms with Crippen LogP contribution in [0.15, 0.2) is 53.7 Å². The Morgan fingerprint density at radius 3 is 2.62 bits per heavy atom. The van der Waals surface area contributed by atoms with E-state index in [4.69, 9.17) is 0 Å². The maximum absolute atomic E-state index is 13.3. The summed E-state index contributed by atoms with van der Waals surface area (Å²) in [4.78, 5) is 16.2. The molecule has 1 amide bonds. The lowest BCUT2D eigenvalue weighted by atomic mass is 10.2. The molecule has 0 aliphatic carbocycles. The van der Waals surface area contributed by atoms with Crippen LogP contribution in [0.2, 0.25) is 0 Å². The summed E-state index contributed by atoms with van der Waals surface area (Å²) in [6, 6.07) is 14.1. The molecule has 0 atom stereocenters. The van der Waals surface area contributed by atoms with Gasteiger partial charge in [0, 0.05) is 5.69 Å². The van der Waals surface area contributed by atoms with Crippen LogP contribution in [0.25, 0.3) is 11.0 Å². The van der Waals surface area contributed by atoms with Crippen molar-refractivity contribution in [1.82, 2.24) is 9.55 Å². The number of imidazole rings is 1. The van der Waals surface area contributed by atoms with Crippen molar-refractivity contribution in [2.75, 3.05) is 11.1 Å². The number of rotatable bonds is 5. The maximum Gasteiger partial charge on any atom is 0.321 e. The van der Waals surface area contributed by atoms with Gasteiger partial charge in [0.15, 0.2) is 5.16 Å². The Kier molecular flexibility index (Phi) is 4.80. The Morgan fingerprint density at radius 2 is 1.92 bits per heavy atom. The Balaban J connectivity index is 1.72. The molecule has 4 nitrogen and oxygen atoms in total. The van der Waals surface area contributed by atoms with Gasteiger partial charge < -0.3 is 5.32 Å². The molecule has 124 valence electrons. The highest BCUT2D eigenvalue weighted by Gasteiger charge is 2.18. The van der Waals surface area contributed by atoms with Crippen LogP contribution >= 0.6 is 11.8 Å². The zero-order valence-electron chi connectivity index (χ0n) is 12.9. The monoisotopic (exact) mass is 347 g/mol. The van der Waals surface area contributed by atoms with E-state index >= 15 is 0 Å². The van der Waals surface area contributed by atoms with E-state index in [0.29, 0.717) is 16.7 Å². The van der Waals surface area contributed by atoms with Gasteiger partial charge in [-0.05, 0) is 31.2 Å². The number of carbonyl (C=O) groups excluding carboxylic acids is 1. The molecule has 3 aromatic rings. The van der Waals surface area contributed by atoms with Gasteiger partial charge >= 0.3 is 6.55 Å². The van der Waals surface area contributed by atoms with E-state index in [1.165, 1.54) is 0 Å². The number of thioether (sulfide) groups is 1. The number of nitrogens with one attached hydrogen (secondary N) is 1. The van der Waals surface area contributed by atoms with Crippen molar-refractivity contribution in [1.29, 1.82) is 0 Å². The Hall–Kier alpha value is -2.41. The number of nitrogens with zero attached hydrogens (tertiary/aromatic N) is 2. The Morgan fingerprint density at radius 1 is 1.21 bits per heavy atom. The molecule has 7 heteroatoms. The number of fused-ring (bicyclic) bond motifs is 1. The number of carbonyl (C=O) groups is 1. The number of hydrogen-bond acceptors (Lipinski definition) is 3. The fourth-order valence-corrected chi connectivity index (χ4v) is 3.09. The highest BCUT2D eigenvalue weighted by atomic mass is 32.2. The zero-order chi connectivity index (χ0) is 17.1. The SMILES string of the molecule is Cc1ccc(NC(=O)CSc2nc3ccccc3n2C(F)F)cc1. The normalized spacial score (nSPS) is 11.2. The lowest BCUT2D eigenvalue weighted by Gasteiger charge is -2.08. The number of para-hydroxylation sites is 2. The molecule has 0 aliphatic rings. The van der Waals surface area contributed by atoms with Crippen LogP contribution in [-0.2, 0) is 4.79 Å².